The first-order valence-corrected chi connectivity index (χ1v) is 5.96. The lowest BCUT2D eigenvalue weighted by Gasteiger charge is -2.13. The SMILES string of the molecule is COCCOc1cc(N)c([N+](=O)[O-])cc1-n1cccc1. The van der Waals surface area contributed by atoms with Crippen molar-refractivity contribution in [2.24, 2.45) is 0 Å². The van der Waals surface area contributed by atoms with Crippen molar-refractivity contribution in [3.05, 3.63) is 46.8 Å². The molecule has 0 saturated carbocycles. The number of nitrogen functional groups attached to an aromatic ring is 1. The van der Waals surface area contributed by atoms with Crippen LogP contribution in [0.3, 0.4) is 0 Å². The molecular weight excluding hydrogens is 262 g/mol. The third-order valence-corrected chi connectivity index (χ3v) is 2.73. The molecule has 0 atom stereocenters. The van der Waals surface area contributed by atoms with Crippen LogP contribution >= 0.6 is 0 Å². The van der Waals surface area contributed by atoms with Crippen molar-refractivity contribution in [2.45, 2.75) is 0 Å². The van der Waals surface area contributed by atoms with Gasteiger partial charge in [-0.2, -0.15) is 0 Å². The van der Waals surface area contributed by atoms with Gasteiger partial charge in [-0.25, -0.2) is 0 Å². The van der Waals surface area contributed by atoms with E-state index < -0.39 is 4.92 Å². The largest absolute Gasteiger partial charge is 0.489 e. The maximum Gasteiger partial charge on any atom is 0.294 e. The third-order valence-electron chi connectivity index (χ3n) is 2.73. The van der Waals surface area contributed by atoms with Crippen molar-refractivity contribution in [1.82, 2.24) is 4.57 Å². The van der Waals surface area contributed by atoms with E-state index in [2.05, 4.69) is 0 Å². The molecule has 0 unspecified atom stereocenters. The smallest absolute Gasteiger partial charge is 0.294 e. The van der Waals surface area contributed by atoms with Gasteiger partial charge in [0, 0.05) is 31.6 Å². The van der Waals surface area contributed by atoms with Crippen molar-refractivity contribution in [2.75, 3.05) is 26.1 Å². The van der Waals surface area contributed by atoms with Crippen molar-refractivity contribution in [3.63, 3.8) is 0 Å². The number of nitrogens with zero attached hydrogens (tertiary/aromatic N) is 2. The molecule has 0 aliphatic carbocycles. The zero-order valence-corrected chi connectivity index (χ0v) is 11.0. The molecule has 7 nitrogen and oxygen atoms in total. The highest BCUT2D eigenvalue weighted by molar-refractivity contribution is 5.68. The highest BCUT2D eigenvalue weighted by Crippen LogP contribution is 2.33. The van der Waals surface area contributed by atoms with Crippen molar-refractivity contribution in [1.29, 1.82) is 0 Å². The Hall–Kier alpha value is -2.54. The summed E-state index contributed by atoms with van der Waals surface area (Å²) in [4.78, 5) is 10.5. The number of hydrogen-bond acceptors (Lipinski definition) is 5. The minimum atomic E-state index is -0.513. The molecule has 0 spiro atoms. The fourth-order valence-electron chi connectivity index (χ4n) is 1.78. The standard InChI is InChI=1S/C13H15N3O4/c1-19-6-7-20-13-8-10(14)11(16(17)18)9-12(13)15-4-2-3-5-15/h2-5,8-9H,6-7,14H2,1H3. The molecule has 1 aromatic carbocycles. The lowest BCUT2D eigenvalue weighted by Crippen LogP contribution is -2.08. The number of nitro groups is 1. The molecule has 7 heteroatoms. The highest BCUT2D eigenvalue weighted by Gasteiger charge is 2.17. The molecule has 2 N–H and O–H groups in total. The van der Waals surface area contributed by atoms with E-state index in [1.807, 2.05) is 12.1 Å². The summed E-state index contributed by atoms with van der Waals surface area (Å²) in [6.07, 6.45) is 3.55. The molecule has 0 saturated heterocycles. The molecule has 1 heterocycles. The van der Waals surface area contributed by atoms with Crippen LogP contribution in [0, 0.1) is 10.1 Å². The first-order chi connectivity index (χ1) is 9.63. The Balaban J connectivity index is 2.43. The van der Waals surface area contributed by atoms with Crippen LogP contribution in [0.1, 0.15) is 0 Å². The van der Waals surface area contributed by atoms with E-state index >= 15 is 0 Å². The Morgan fingerprint density at radius 1 is 1.30 bits per heavy atom. The van der Waals surface area contributed by atoms with Gasteiger partial charge in [0.1, 0.15) is 18.0 Å². The molecule has 1 aromatic heterocycles. The Morgan fingerprint density at radius 3 is 2.60 bits per heavy atom. The summed E-state index contributed by atoms with van der Waals surface area (Å²) in [6.45, 7) is 0.754. The minimum Gasteiger partial charge on any atom is -0.489 e. The van der Waals surface area contributed by atoms with Crippen LogP contribution in [-0.4, -0.2) is 29.8 Å². The predicted molar refractivity (Wildman–Crippen MR) is 74.2 cm³/mol. The highest BCUT2D eigenvalue weighted by atomic mass is 16.6. The third kappa shape index (κ3) is 2.89. The fraction of sp³-hybridized carbons (Fsp3) is 0.231. The van der Waals surface area contributed by atoms with Crippen LogP contribution in [0.15, 0.2) is 36.7 Å². The average molecular weight is 277 g/mol. The van der Waals surface area contributed by atoms with Crippen molar-refractivity contribution in [3.8, 4) is 11.4 Å². The Bertz CT molecular complexity index is 596. The van der Waals surface area contributed by atoms with Crippen LogP contribution in [-0.2, 0) is 4.74 Å². The van der Waals surface area contributed by atoms with Crippen LogP contribution in [0.5, 0.6) is 5.75 Å². The normalized spacial score (nSPS) is 10.4. The lowest BCUT2D eigenvalue weighted by atomic mass is 10.2. The summed E-state index contributed by atoms with van der Waals surface area (Å²) in [7, 11) is 1.57. The number of rotatable bonds is 6. The Kier molecular flexibility index (Phi) is 4.21. The molecule has 0 bridgehead atoms. The second-order valence-electron chi connectivity index (χ2n) is 4.07. The molecule has 0 amide bonds. The van der Waals surface area contributed by atoms with Gasteiger partial charge < -0.3 is 19.8 Å². The Morgan fingerprint density at radius 2 is 2.00 bits per heavy atom. The summed E-state index contributed by atoms with van der Waals surface area (Å²) < 4.78 is 12.2. The maximum atomic E-state index is 11.0. The minimum absolute atomic E-state index is 0.0679. The van der Waals surface area contributed by atoms with Crippen molar-refractivity contribution < 1.29 is 14.4 Å². The molecule has 0 radical (unpaired) electrons. The number of methoxy groups -OCH3 is 1. The number of benzene rings is 1. The van der Waals surface area contributed by atoms with E-state index in [1.54, 1.807) is 24.1 Å². The van der Waals surface area contributed by atoms with Crippen LogP contribution in [0.25, 0.3) is 5.69 Å². The average Bonchev–Trinajstić information content (AvgIpc) is 2.92. The number of ether oxygens (including phenoxy) is 2. The van der Waals surface area contributed by atoms with Gasteiger partial charge in [-0.15, -0.1) is 0 Å². The summed E-state index contributed by atoms with van der Waals surface area (Å²) in [5.41, 5.74) is 6.17. The monoisotopic (exact) mass is 277 g/mol. The fourth-order valence-corrected chi connectivity index (χ4v) is 1.78. The maximum absolute atomic E-state index is 11.0. The van der Waals surface area contributed by atoms with Crippen molar-refractivity contribution >= 4 is 11.4 Å². The van der Waals surface area contributed by atoms with Crippen LogP contribution in [0.4, 0.5) is 11.4 Å². The van der Waals surface area contributed by atoms with E-state index in [1.165, 1.54) is 12.1 Å². The number of nitro benzene ring substituents is 1. The lowest BCUT2D eigenvalue weighted by molar-refractivity contribution is -0.383. The first kappa shape index (κ1) is 13.9. The topological polar surface area (TPSA) is 92.6 Å². The van der Waals surface area contributed by atoms with Gasteiger partial charge >= 0.3 is 0 Å². The van der Waals surface area contributed by atoms with E-state index in [9.17, 15) is 10.1 Å². The Labute approximate surface area is 115 Å². The number of nitrogens with two attached hydrogens (primary N) is 1. The first-order valence-electron chi connectivity index (χ1n) is 5.96. The molecule has 20 heavy (non-hydrogen) atoms. The van der Waals surface area contributed by atoms with E-state index in [0.717, 1.165) is 0 Å². The van der Waals surface area contributed by atoms with E-state index in [-0.39, 0.29) is 11.4 Å². The van der Waals surface area contributed by atoms with Gasteiger partial charge in [-0.05, 0) is 12.1 Å². The second-order valence-corrected chi connectivity index (χ2v) is 4.07. The summed E-state index contributed by atoms with van der Waals surface area (Å²) in [6, 6.07) is 6.50. The van der Waals surface area contributed by atoms with Gasteiger partial charge in [0.25, 0.3) is 5.69 Å². The van der Waals surface area contributed by atoms with Gasteiger partial charge in [0.2, 0.25) is 0 Å². The van der Waals surface area contributed by atoms with Gasteiger partial charge in [0.15, 0.2) is 0 Å². The molecule has 106 valence electrons. The second kappa shape index (κ2) is 6.07. The van der Waals surface area contributed by atoms with Crippen LogP contribution in [0.2, 0.25) is 0 Å². The van der Waals surface area contributed by atoms with E-state index in [0.29, 0.717) is 24.7 Å². The number of anilines is 1. The molecular formula is C13H15N3O4. The molecule has 2 aromatic rings. The molecule has 2 rings (SSSR count). The molecule has 0 aliphatic rings. The summed E-state index contributed by atoms with van der Waals surface area (Å²) in [5, 5.41) is 11.0. The summed E-state index contributed by atoms with van der Waals surface area (Å²) >= 11 is 0. The zero-order valence-electron chi connectivity index (χ0n) is 11.0. The van der Waals surface area contributed by atoms with Gasteiger partial charge in [0.05, 0.1) is 17.2 Å². The number of hydrogen-bond donors (Lipinski definition) is 1. The molecule has 0 aliphatic heterocycles. The zero-order chi connectivity index (χ0) is 14.5. The quantitative estimate of drug-likeness (QED) is 0.377. The summed E-state index contributed by atoms with van der Waals surface area (Å²) in [5.74, 6) is 0.473. The van der Waals surface area contributed by atoms with E-state index in [4.69, 9.17) is 15.2 Å². The number of aromatic nitrogens is 1. The van der Waals surface area contributed by atoms with Gasteiger partial charge in [-0.1, -0.05) is 0 Å². The van der Waals surface area contributed by atoms with Crippen LogP contribution < -0.4 is 10.5 Å². The predicted octanol–water partition coefficient (Wildman–Crippen LogP) is 1.99. The van der Waals surface area contributed by atoms with Gasteiger partial charge in [-0.3, -0.25) is 10.1 Å². The molecule has 0 fully saturated rings.